The average molecular weight is 261 g/mol. The van der Waals surface area contributed by atoms with E-state index in [-0.39, 0.29) is 0 Å². The number of hydrazine groups is 1. The van der Waals surface area contributed by atoms with Crippen molar-refractivity contribution < 1.29 is 0 Å². The van der Waals surface area contributed by atoms with Gasteiger partial charge in [0, 0.05) is 23.8 Å². The molecule has 6 heteroatoms. The van der Waals surface area contributed by atoms with Crippen LogP contribution in [0.3, 0.4) is 0 Å². The standard InChI is InChI=1S/C12H15N5S/c13-14-12-10(15-16-18-12)8-17-7-3-5-9-4-1-2-6-11(9)17/h1-2,4,6,14H,3,5,7-8,13H2. The summed E-state index contributed by atoms with van der Waals surface area (Å²) in [5, 5.41) is 4.98. The minimum Gasteiger partial charge on any atom is -0.365 e. The summed E-state index contributed by atoms with van der Waals surface area (Å²) < 4.78 is 3.94. The summed E-state index contributed by atoms with van der Waals surface area (Å²) in [7, 11) is 0. The van der Waals surface area contributed by atoms with Crippen molar-refractivity contribution in [1.82, 2.24) is 9.59 Å². The second kappa shape index (κ2) is 4.91. The number of aromatic nitrogens is 2. The van der Waals surface area contributed by atoms with E-state index in [4.69, 9.17) is 5.84 Å². The van der Waals surface area contributed by atoms with Crippen LogP contribution < -0.4 is 16.2 Å². The van der Waals surface area contributed by atoms with Gasteiger partial charge in [-0.25, -0.2) is 5.84 Å². The van der Waals surface area contributed by atoms with E-state index in [1.54, 1.807) is 0 Å². The summed E-state index contributed by atoms with van der Waals surface area (Å²) in [6.45, 7) is 1.81. The van der Waals surface area contributed by atoms with E-state index < -0.39 is 0 Å². The molecule has 0 amide bonds. The minimum absolute atomic E-state index is 0.757. The molecule has 5 nitrogen and oxygen atoms in total. The number of nitrogen functional groups attached to an aromatic ring is 1. The van der Waals surface area contributed by atoms with Gasteiger partial charge in [0.1, 0.15) is 10.7 Å². The van der Waals surface area contributed by atoms with Gasteiger partial charge in [0.2, 0.25) is 0 Å². The summed E-state index contributed by atoms with van der Waals surface area (Å²) in [6.07, 6.45) is 2.34. The molecule has 0 saturated heterocycles. The summed E-state index contributed by atoms with van der Waals surface area (Å²) in [4.78, 5) is 2.34. The Bertz CT molecular complexity index is 539. The first-order valence-corrected chi connectivity index (χ1v) is 6.76. The maximum Gasteiger partial charge on any atom is 0.149 e. The number of nitrogens with one attached hydrogen (secondary N) is 1. The van der Waals surface area contributed by atoms with Gasteiger partial charge < -0.3 is 10.3 Å². The predicted octanol–water partition coefficient (Wildman–Crippen LogP) is 1.78. The van der Waals surface area contributed by atoms with E-state index in [1.165, 1.54) is 29.2 Å². The molecule has 1 aromatic carbocycles. The summed E-state index contributed by atoms with van der Waals surface area (Å²) in [5.74, 6) is 5.46. The molecule has 0 spiro atoms. The number of hydrogen-bond acceptors (Lipinski definition) is 6. The molecule has 0 saturated carbocycles. The molecular formula is C12H15N5S. The van der Waals surface area contributed by atoms with Crippen molar-refractivity contribution in [2.24, 2.45) is 5.84 Å². The number of nitrogens with two attached hydrogens (primary N) is 1. The second-order valence-corrected chi connectivity index (χ2v) is 5.10. The highest BCUT2D eigenvalue weighted by Crippen LogP contribution is 2.29. The van der Waals surface area contributed by atoms with Crippen molar-refractivity contribution in [1.29, 1.82) is 0 Å². The number of nitrogens with zero attached hydrogens (tertiary/aromatic N) is 3. The zero-order valence-corrected chi connectivity index (χ0v) is 10.8. The maximum atomic E-state index is 5.46. The van der Waals surface area contributed by atoms with E-state index in [1.807, 2.05) is 0 Å². The van der Waals surface area contributed by atoms with Crippen molar-refractivity contribution in [3.63, 3.8) is 0 Å². The van der Waals surface area contributed by atoms with Crippen molar-refractivity contribution >= 4 is 22.2 Å². The first-order chi connectivity index (χ1) is 8.88. The van der Waals surface area contributed by atoms with Crippen LogP contribution in [0.4, 0.5) is 10.7 Å². The molecule has 1 aliphatic heterocycles. The van der Waals surface area contributed by atoms with E-state index in [0.29, 0.717) is 0 Å². The van der Waals surface area contributed by atoms with Crippen LogP contribution in [0, 0.1) is 0 Å². The highest BCUT2D eigenvalue weighted by atomic mass is 32.1. The van der Waals surface area contributed by atoms with Crippen LogP contribution in [0.2, 0.25) is 0 Å². The fourth-order valence-electron chi connectivity index (χ4n) is 2.38. The zero-order chi connectivity index (χ0) is 12.4. The lowest BCUT2D eigenvalue weighted by Gasteiger charge is -2.30. The van der Waals surface area contributed by atoms with Gasteiger partial charge in [-0.15, -0.1) is 5.10 Å². The van der Waals surface area contributed by atoms with Crippen LogP contribution in [0.15, 0.2) is 24.3 Å². The Labute approximate surface area is 110 Å². The monoisotopic (exact) mass is 261 g/mol. The van der Waals surface area contributed by atoms with Crippen LogP contribution in [0.5, 0.6) is 0 Å². The highest BCUT2D eigenvalue weighted by Gasteiger charge is 2.18. The number of aryl methyl sites for hydroxylation is 1. The minimum atomic E-state index is 0.757. The highest BCUT2D eigenvalue weighted by molar-refractivity contribution is 7.10. The predicted molar refractivity (Wildman–Crippen MR) is 73.5 cm³/mol. The van der Waals surface area contributed by atoms with Gasteiger partial charge in [0.15, 0.2) is 0 Å². The van der Waals surface area contributed by atoms with Crippen LogP contribution in [0.1, 0.15) is 17.7 Å². The zero-order valence-electron chi connectivity index (χ0n) is 9.97. The fourth-order valence-corrected chi connectivity index (χ4v) is 2.86. The number of para-hydroxylation sites is 1. The van der Waals surface area contributed by atoms with E-state index in [2.05, 4.69) is 44.2 Å². The van der Waals surface area contributed by atoms with Gasteiger partial charge in [0.25, 0.3) is 0 Å². The van der Waals surface area contributed by atoms with Gasteiger partial charge in [-0.2, -0.15) is 0 Å². The quantitative estimate of drug-likeness (QED) is 0.651. The Hall–Kier alpha value is -1.66. The fraction of sp³-hybridized carbons (Fsp3) is 0.333. The van der Waals surface area contributed by atoms with Crippen molar-refractivity contribution in [2.75, 3.05) is 16.9 Å². The Morgan fingerprint density at radius 3 is 3.17 bits per heavy atom. The third-order valence-electron chi connectivity index (χ3n) is 3.23. The number of benzene rings is 1. The molecule has 18 heavy (non-hydrogen) atoms. The molecule has 0 aliphatic carbocycles. The molecule has 2 heterocycles. The van der Waals surface area contributed by atoms with Crippen LogP contribution in [-0.4, -0.2) is 16.1 Å². The van der Waals surface area contributed by atoms with E-state index in [0.717, 1.165) is 30.2 Å². The molecular weight excluding hydrogens is 246 g/mol. The third-order valence-corrected chi connectivity index (χ3v) is 3.93. The molecule has 3 N–H and O–H groups in total. The SMILES string of the molecule is NNc1snnc1CN1CCCc2ccccc21. The molecule has 3 rings (SSSR count). The lowest BCUT2D eigenvalue weighted by Crippen LogP contribution is -2.29. The largest absolute Gasteiger partial charge is 0.365 e. The number of fused-ring (bicyclic) bond motifs is 1. The van der Waals surface area contributed by atoms with Crippen molar-refractivity contribution in [3.05, 3.63) is 35.5 Å². The molecule has 0 unspecified atom stereocenters. The molecule has 94 valence electrons. The smallest absolute Gasteiger partial charge is 0.149 e. The lowest BCUT2D eigenvalue weighted by molar-refractivity contribution is 0.683. The summed E-state index contributed by atoms with van der Waals surface area (Å²) in [6, 6.07) is 8.55. The maximum absolute atomic E-state index is 5.46. The molecule has 0 radical (unpaired) electrons. The topological polar surface area (TPSA) is 67.1 Å². The first-order valence-electron chi connectivity index (χ1n) is 5.99. The molecule has 0 fully saturated rings. The van der Waals surface area contributed by atoms with E-state index >= 15 is 0 Å². The van der Waals surface area contributed by atoms with Crippen molar-refractivity contribution in [2.45, 2.75) is 19.4 Å². The number of hydrogen-bond donors (Lipinski definition) is 2. The summed E-state index contributed by atoms with van der Waals surface area (Å²) >= 11 is 1.30. The first kappa shape index (κ1) is 11.4. The second-order valence-electron chi connectivity index (χ2n) is 4.35. The Morgan fingerprint density at radius 2 is 2.28 bits per heavy atom. The third kappa shape index (κ3) is 2.04. The normalized spacial score (nSPS) is 14.4. The van der Waals surface area contributed by atoms with Gasteiger partial charge in [0.05, 0.1) is 6.54 Å². The average Bonchev–Trinajstić information content (AvgIpc) is 2.86. The van der Waals surface area contributed by atoms with Crippen LogP contribution >= 0.6 is 11.5 Å². The molecule has 0 atom stereocenters. The van der Waals surface area contributed by atoms with E-state index in [9.17, 15) is 0 Å². The molecule has 1 aliphatic rings. The van der Waals surface area contributed by atoms with Gasteiger partial charge in [-0.3, -0.25) is 0 Å². The van der Waals surface area contributed by atoms with Gasteiger partial charge in [-0.05, 0) is 24.5 Å². The lowest BCUT2D eigenvalue weighted by atomic mass is 10.0. The Morgan fingerprint density at radius 1 is 1.39 bits per heavy atom. The van der Waals surface area contributed by atoms with Crippen LogP contribution in [0.25, 0.3) is 0 Å². The van der Waals surface area contributed by atoms with Crippen LogP contribution in [-0.2, 0) is 13.0 Å². The number of anilines is 2. The molecule has 0 bridgehead atoms. The molecule has 1 aromatic heterocycles. The Balaban J connectivity index is 1.86. The van der Waals surface area contributed by atoms with Gasteiger partial charge >= 0.3 is 0 Å². The summed E-state index contributed by atoms with van der Waals surface area (Å²) in [5.41, 5.74) is 6.29. The van der Waals surface area contributed by atoms with Gasteiger partial charge in [-0.1, -0.05) is 22.7 Å². The number of rotatable bonds is 3. The Kier molecular flexibility index (Phi) is 3.12. The van der Waals surface area contributed by atoms with Crippen molar-refractivity contribution in [3.8, 4) is 0 Å². The molecule has 2 aromatic rings.